The lowest BCUT2D eigenvalue weighted by atomic mass is 10.0. The molecule has 0 unspecified atom stereocenters. The summed E-state index contributed by atoms with van der Waals surface area (Å²) in [5, 5.41) is 6.93. The molecule has 0 aliphatic carbocycles. The van der Waals surface area contributed by atoms with Crippen molar-refractivity contribution in [3.05, 3.63) is 93.7 Å². The molecule has 6 heteroatoms. The van der Waals surface area contributed by atoms with Gasteiger partial charge < -0.3 is 9.64 Å². The Labute approximate surface area is 218 Å². The van der Waals surface area contributed by atoms with Gasteiger partial charge in [0.2, 0.25) is 0 Å². The molecule has 0 amide bonds. The second kappa shape index (κ2) is 12.7. The summed E-state index contributed by atoms with van der Waals surface area (Å²) < 4.78 is 7.53. The van der Waals surface area contributed by atoms with E-state index in [1.807, 2.05) is 72.8 Å². The maximum atomic E-state index is 13.2. The van der Waals surface area contributed by atoms with Gasteiger partial charge in [-0.3, -0.25) is 4.79 Å². The number of rotatable bonds is 12. The molecule has 4 aromatic rings. The monoisotopic (exact) mass is 503 g/mol. The van der Waals surface area contributed by atoms with Crippen molar-refractivity contribution in [3.8, 4) is 17.0 Å². The van der Waals surface area contributed by atoms with E-state index in [1.165, 1.54) is 17.5 Å². The van der Waals surface area contributed by atoms with Crippen LogP contribution in [0.3, 0.4) is 0 Å². The van der Waals surface area contributed by atoms with Crippen molar-refractivity contribution in [1.82, 2.24) is 14.7 Å². The van der Waals surface area contributed by atoms with Crippen LogP contribution in [0.5, 0.6) is 5.75 Å². The maximum Gasteiger partial charge on any atom is 0.274 e. The van der Waals surface area contributed by atoms with Gasteiger partial charge in [0.25, 0.3) is 5.56 Å². The van der Waals surface area contributed by atoms with Crippen LogP contribution >= 0.6 is 11.6 Å². The molecule has 0 fully saturated rings. The minimum absolute atomic E-state index is 0.107. The topological polar surface area (TPSA) is 47.4 Å². The lowest BCUT2D eigenvalue weighted by Crippen LogP contribution is -2.26. The molecule has 1 heterocycles. The minimum atomic E-state index is -0.107. The van der Waals surface area contributed by atoms with Crippen LogP contribution in [0.2, 0.25) is 5.02 Å². The molecule has 4 rings (SSSR count). The van der Waals surface area contributed by atoms with Crippen molar-refractivity contribution < 1.29 is 4.74 Å². The standard InChI is InChI=1S/C30H34ClN3O2/c1-3-5-19-33(4-2)20-8-21-36-26-17-13-24(14-18-26)29-27-9-6-7-10-28(27)30(35)34(32-29)22-23-11-15-25(31)16-12-23/h6-7,9-18H,3-5,8,19-22H2,1-2H3. The molecule has 0 saturated carbocycles. The number of ether oxygens (including phenoxy) is 1. The lowest BCUT2D eigenvalue weighted by molar-refractivity contribution is 0.239. The third-order valence-corrected chi connectivity index (χ3v) is 6.66. The summed E-state index contributed by atoms with van der Waals surface area (Å²) in [4.78, 5) is 15.6. The summed E-state index contributed by atoms with van der Waals surface area (Å²) in [7, 11) is 0. The lowest BCUT2D eigenvalue weighted by Gasteiger charge is -2.19. The molecule has 1 aromatic heterocycles. The molecular formula is C30H34ClN3O2. The Morgan fingerprint density at radius 2 is 1.58 bits per heavy atom. The van der Waals surface area contributed by atoms with Crippen molar-refractivity contribution in [2.45, 2.75) is 39.7 Å². The van der Waals surface area contributed by atoms with Gasteiger partial charge >= 0.3 is 0 Å². The van der Waals surface area contributed by atoms with Gasteiger partial charge in [-0.1, -0.05) is 62.2 Å². The van der Waals surface area contributed by atoms with Gasteiger partial charge in [-0.2, -0.15) is 5.10 Å². The van der Waals surface area contributed by atoms with Gasteiger partial charge in [-0.05, 0) is 74.0 Å². The number of fused-ring (bicyclic) bond motifs is 1. The zero-order chi connectivity index (χ0) is 25.3. The summed E-state index contributed by atoms with van der Waals surface area (Å²) in [5.41, 5.74) is 2.58. The summed E-state index contributed by atoms with van der Waals surface area (Å²) in [6.07, 6.45) is 3.47. The van der Waals surface area contributed by atoms with Gasteiger partial charge in [0.1, 0.15) is 5.75 Å². The minimum Gasteiger partial charge on any atom is -0.494 e. The first-order valence-corrected chi connectivity index (χ1v) is 13.2. The van der Waals surface area contributed by atoms with Crippen molar-refractivity contribution >= 4 is 22.4 Å². The highest BCUT2D eigenvalue weighted by Crippen LogP contribution is 2.26. The smallest absolute Gasteiger partial charge is 0.274 e. The maximum absolute atomic E-state index is 13.2. The van der Waals surface area contributed by atoms with E-state index in [0.717, 1.165) is 54.0 Å². The SMILES string of the molecule is CCCCN(CC)CCCOc1ccc(-c2nn(Cc3ccc(Cl)cc3)c(=O)c3ccccc23)cc1. The van der Waals surface area contributed by atoms with E-state index in [0.29, 0.717) is 23.6 Å². The van der Waals surface area contributed by atoms with Crippen LogP contribution in [-0.4, -0.2) is 40.9 Å². The van der Waals surface area contributed by atoms with Crippen LogP contribution in [0, 0.1) is 0 Å². The fraction of sp³-hybridized carbons (Fsp3) is 0.333. The second-order valence-corrected chi connectivity index (χ2v) is 9.43. The molecule has 3 aromatic carbocycles. The number of unbranched alkanes of at least 4 members (excludes halogenated alkanes) is 1. The Morgan fingerprint density at radius 1 is 0.889 bits per heavy atom. The molecular weight excluding hydrogens is 470 g/mol. The van der Waals surface area contributed by atoms with Crippen molar-refractivity contribution in [2.75, 3.05) is 26.2 Å². The predicted octanol–water partition coefficient (Wildman–Crippen LogP) is 6.66. The van der Waals surface area contributed by atoms with Crippen LogP contribution < -0.4 is 10.3 Å². The molecule has 36 heavy (non-hydrogen) atoms. The predicted molar refractivity (Wildman–Crippen MR) is 149 cm³/mol. The first kappa shape index (κ1) is 25.9. The van der Waals surface area contributed by atoms with Gasteiger partial charge in [-0.25, -0.2) is 4.68 Å². The molecule has 5 nitrogen and oxygen atoms in total. The van der Waals surface area contributed by atoms with Crippen LogP contribution in [0.15, 0.2) is 77.6 Å². The highest BCUT2D eigenvalue weighted by molar-refractivity contribution is 6.30. The molecule has 0 aliphatic heterocycles. The van der Waals surface area contributed by atoms with Gasteiger partial charge in [0.15, 0.2) is 0 Å². The number of hydrogen-bond donors (Lipinski definition) is 0. The highest BCUT2D eigenvalue weighted by Gasteiger charge is 2.13. The normalized spacial score (nSPS) is 11.3. The number of hydrogen-bond acceptors (Lipinski definition) is 4. The molecule has 0 N–H and O–H groups in total. The number of aromatic nitrogens is 2. The molecule has 0 atom stereocenters. The molecule has 0 radical (unpaired) electrons. The van der Waals surface area contributed by atoms with Crippen LogP contribution in [0.25, 0.3) is 22.0 Å². The van der Waals surface area contributed by atoms with E-state index in [1.54, 1.807) is 0 Å². The van der Waals surface area contributed by atoms with Gasteiger partial charge in [-0.15, -0.1) is 0 Å². The third kappa shape index (κ3) is 6.54. The average molecular weight is 504 g/mol. The Hall–Kier alpha value is -3.15. The van der Waals surface area contributed by atoms with E-state index < -0.39 is 0 Å². The molecule has 188 valence electrons. The Bertz CT molecular complexity index is 1320. The van der Waals surface area contributed by atoms with E-state index in [9.17, 15) is 4.79 Å². The average Bonchev–Trinajstić information content (AvgIpc) is 2.91. The number of benzene rings is 3. The Morgan fingerprint density at radius 3 is 2.28 bits per heavy atom. The van der Waals surface area contributed by atoms with Crippen LogP contribution in [0.4, 0.5) is 0 Å². The van der Waals surface area contributed by atoms with Gasteiger partial charge in [0.05, 0.1) is 24.2 Å². The number of halogens is 1. The Balaban J connectivity index is 1.50. The summed E-state index contributed by atoms with van der Waals surface area (Å²) >= 11 is 6.02. The highest BCUT2D eigenvalue weighted by atomic mass is 35.5. The molecule has 0 bridgehead atoms. The fourth-order valence-electron chi connectivity index (χ4n) is 4.32. The van der Waals surface area contributed by atoms with Crippen LogP contribution in [0.1, 0.15) is 38.7 Å². The molecule has 0 spiro atoms. The van der Waals surface area contributed by atoms with Crippen LogP contribution in [-0.2, 0) is 6.54 Å². The third-order valence-electron chi connectivity index (χ3n) is 6.40. The van der Waals surface area contributed by atoms with E-state index in [4.69, 9.17) is 21.4 Å². The largest absolute Gasteiger partial charge is 0.494 e. The fourth-order valence-corrected chi connectivity index (χ4v) is 4.44. The summed E-state index contributed by atoms with van der Waals surface area (Å²) in [6, 6.07) is 23.1. The van der Waals surface area contributed by atoms with Gasteiger partial charge in [0, 0.05) is 22.5 Å². The van der Waals surface area contributed by atoms with E-state index >= 15 is 0 Å². The second-order valence-electron chi connectivity index (χ2n) is 9.00. The van der Waals surface area contributed by atoms with Crippen molar-refractivity contribution in [2.24, 2.45) is 0 Å². The molecule has 0 saturated heterocycles. The van der Waals surface area contributed by atoms with E-state index in [2.05, 4.69) is 18.7 Å². The first-order chi connectivity index (χ1) is 17.6. The summed E-state index contributed by atoms with van der Waals surface area (Å²) in [6.45, 7) is 8.80. The van der Waals surface area contributed by atoms with Crippen molar-refractivity contribution in [1.29, 1.82) is 0 Å². The Kier molecular flexibility index (Phi) is 9.15. The zero-order valence-corrected chi connectivity index (χ0v) is 21.9. The van der Waals surface area contributed by atoms with Crippen molar-refractivity contribution in [3.63, 3.8) is 0 Å². The molecule has 0 aliphatic rings. The van der Waals surface area contributed by atoms with E-state index in [-0.39, 0.29) is 5.56 Å². The first-order valence-electron chi connectivity index (χ1n) is 12.8. The quantitative estimate of drug-likeness (QED) is 0.203. The number of nitrogens with zero attached hydrogens (tertiary/aromatic N) is 3. The summed E-state index contributed by atoms with van der Waals surface area (Å²) in [5.74, 6) is 0.842. The zero-order valence-electron chi connectivity index (χ0n) is 21.1.